The average molecular weight is 229 g/mol. The van der Waals surface area contributed by atoms with E-state index < -0.39 is 5.62 Å². The molecule has 0 bridgehead atoms. The van der Waals surface area contributed by atoms with Crippen molar-refractivity contribution in [3.63, 3.8) is 0 Å². The number of hydrogen-bond donors (Lipinski definition) is 0. The standard InChI is InChI=1S/C8H18ClOPS/c1-3-5-7-10-11(9,12)8-6-4-2/h3-8H2,1-2H3. The fourth-order valence-electron chi connectivity index (χ4n) is 0.757. The first-order valence-corrected chi connectivity index (χ1v) is 8.36. The summed E-state index contributed by atoms with van der Waals surface area (Å²) < 4.78 is 5.46. The Labute approximate surface area is 85.7 Å². The molecule has 0 aromatic carbocycles. The van der Waals surface area contributed by atoms with Gasteiger partial charge in [-0.25, -0.2) is 0 Å². The molecule has 1 unspecified atom stereocenters. The van der Waals surface area contributed by atoms with Gasteiger partial charge in [-0.05, 0) is 12.8 Å². The number of halogens is 1. The van der Waals surface area contributed by atoms with Crippen molar-refractivity contribution in [2.45, 2.75) is 39.5 Å². The smallest absolute Gasteiger partial charge is 0.151 e. The highest BCUT2D eigenvalue weighted by Gasteiger charge is 2.11. The lowest BCUT2D eigenvalue weighted by atomic mass is 10.4. The van der Waals surface area contributed by atoms with Gasteiger partial charge in [0.2, 0.25) is 0 Å². The summed E-state index contributed by atoms with van der Waals surface area (Å²) in [4.78, 5) is 0. The minimum absolute atomic E-state index is 0.737. The lowest BCUT2D eigenvalue weighted by Crippen LogP contribution is -1.92. The van der Waals surface area contributed by atoms with Crippen LogP contribution in [0.1, 0.15) is 39.5 Å². The molecule has 0 radical (unpaired) electrons. The Morgan fingerprint density at radius 3 is 2.33 bits per heavy atom. The van der Waals surface area contributed by atoms with Gasteiger partial charge in [-0.2, -0.15) is 0 Å². The maximum Gasteiger partial charge on any atom is 0.151 e. The van der Waals surface area contributed by atoms with Crippen LogP contribution in [0, 0.1) is 0 Å². The Morgan fingerprint density at radius 2 is 1.83 bits per heavy atom. The van der Waals surface area contributed by atoms with Gasteiger partial charge < -0.3 is 4.52 Å². The Morgan fingerprint density at radius 1 is 1.25 bits per heavy atom. The van der Waals surface area contributed by atoms with Crippen molar-refractivity contribution in [2.75, 3.05) is 12.8 Å². The molecule has 0 heterocycles. The maximum atomic E-state index is 6.05. The van der Waals surface area contributed by atoms with Gasteiger partial charge in [-0.3, -0.25) is 0 Å². The largest absolute Gasteiger partial charge is 0.338 e. The van der Waals surface area contributed by atoms with E-state index in [1.54, 1.807) is 0 Å². The molecule has 0 aliphatic heterocycles. The van der Waals surface area contributed by atoms with E-state index in [1.165, 1.54) is 0 Å². The second kappa shape index (κ2) is 7.32. The molecule has 1 nitrogen and oxygen atoms in total. The summed E-state index contributed by atoms with van der Waals surface area (Å²) in [6.07, 6.45) is 5.32. The SMILES string of the molecule is CCCCOP(=S)(Cl)CCCC. The predicted molar refractivity (Wildman–Crippen MR) is 60.8 cm³/mol. The second-order valence-electron chi connectivity index (χ2n) is 2.85. The van der Waals surface area contributed by atoms with Crippen LogP contribution in [0.15, 0.2) is 0 Å². The van der Waals surface area contributed by atoms with E-state index in [2.05, 4.69) is 13.8 Å². The number of rotatable bonds is 7. The molecule has 0 spiro atoms. The van der Waals surface area contributed by atoms with Gasteiger partial charge in [0.15, 0.2) is 5.62 Å². The quantitative estimate of drug-likeness (QED) is 0.478. The van der Waals surface area contributed by atoms with E-state index >= 15 is 0 Å². The van der Waals surface area contributed by atoms with Crippen LogP contribution in [0.5, 0.6) is 0 Å². The normalized spacial score (nSPS) is 15.9. The molecule has 1 atom stereocenters. The first-order valence-electron chi connectivity index (χ1n) is 4.55. The van der Waals surface area contributed by atoms with Crippen LogP contribution in [-0.2, 0) is 16.3 Å². The first-order chi connectivity index (χ1) is 5.62. The van der Waals surface area contributed by atoms with Gasteiger partial charge in [-0.1, -0.05) is 49.7 Å². The van der Waals surface area contributed by atoms with Gasteiger partial charge in [0, 0.05) is 6.16 Å². The minimum Gasteiger partial charge on any atom is -0.338 e. The Hall–Kier alpha value is 0.900. The molecule has 0 saturated heterocycles. The van der Waals surface area contributed by atoms with Crippen molar-refractivity contribution >= 4 is 28.7 Å². The first kappa shape index (κ1) is 12.9. The fraction of sp³-hybridized carbons (Fsp3) is 1.00. The summed E-state index contributed by atoms with van der Waals surface area (Å²) in [6.45, 7) is 5.01. The van der Waals surface area contributed by atoms with Crippen molar-refractivity contribution in [1.29, 1.82) is 0 Å². The van der Waals surface area contributed by atoms with Crippen molar-refractivity contribution < 1.29 is 4.52 Å². The van der Waals surface area contributed by atoms with Crippen LogP contribution in [0.3, 0.4) is 0 Å². The zero-order valence-corrected chi connectivity index (χ0v) is 10.4. The molecule has 0 aromatic heterocycles. The van der Waals surface area contributed by atoms with Gasteiger partial charge >= 0.3 is 0 Å². The molecule has 0 saturated carbocycles. The average Bonchev–Trinajstić information content (AvgIpc) is 2.01. The Kier molecular flexibility index (Phi) is 7.87. The number of unbranched alkanes of at least 4 members (excludes halogenated alkanes) is 2. The zero-order chi connectivity index (χ0) is 9.45. The Balaban J connectivity index is 3.49. The van der Waals surface area contributed by atoms with E-state index in [0.29, 0.717) is 0 Å². The monoisotopic (exact) mass is 228 g/mol. The number of hydrogen-bond acceptors (Lipinski definition) is 2. The van der Waals surface area contributed by atoms with E-state index in [9.17, 15) is 0 Å². The minimum atomic E-state index is -1.93. The van der Waals surface area contributed by atoms with Crippen LogP contribution >= 0.6 is 16.9 Å². The summed E-state index contributed by atoms with van der Waals surface area (Å²) >= 11 is 11.2. The predicted octanol–water partition coefficient (Wildman–Crippen LogP) is 4.15. The third kappa shape index (κ3) is 7.54. The third-order valence-electron chi connectivity index (χ3n) is 1.56. The molecule has 74 valence electrons. The molecule has 0 aliphatic carbocycles. The highest BCUT2D eigenvalue weighted by atomic mass is 35.7. The molecule has 4 heteroatoms. The third-order valence-corrected chi connectivity index (χ3v) is 4.64. The molecular formula is C8H18ClOPS. The summed E-state index contributed by atoms with van der Waals surface area (Å²) in [5, 5.41) is 0. The molecule has 0 rings (SSSR count). The second-order valence-corrected chi connectivity index (χ2v) is 8.75. The van der Waals surface area contributed by atoms with E-state index in [0.717, 1.165) is 38.5 Å². The molecule has 0 fully saturated rings. The van der Waals surface area contributed by atoms with Gasteiger partial charge in [0.25, 0.3) is 0 Å². The van der Waals surface area contributed by atoms with Crippen LogP contribution in [0.2, 0.25) is 0 Å². The van der Waals surface area contributed by atoms with E-state index in [1.807, 2.05) is 0 Å². The molecule has 0 aromatic rings. The van der Waals surface area contributed by atoms with Crippen molar-refractivity contribution in [2.24, 2.45) is 0 Å². The van der Waals surface area contributed by atoms with Crippen LogP contribution in [-0.4, -0.2) is 12.8 Å². The molecule has 12 heavy (non-hydrogen) atoms. The maximum absolute atomic E-state index is 6.05. The summed E-state index contributed by atoms with van der Waals surface area (Å²) in [7, 11) is 0. The fourth-order valence-corrected chi connectivity index (χ4v) is 3.16. The van der Waals surface area contributed by atoms with Gasteiger partial charge in [0.05, 0.1) is 6.61 Å². The van der Waals surface area contributed by atoms with Crippen LogP contribution in [0.4, 0.5) is 0 Å². The lowest BCUT2D eigenvalue weighted by Gasteiger charge is -2.13. The topological polar surface area (TPSA) is 9.23 Å². The van der Waals surface area contributed by atoms with Crippen molar-refractivity contribution in [3.8, 4) is 0 Å². The van der Waals surface area contributed by atoms with Crippen molar-refractivity contribution in [3.05, 3.63) is 0 Å². The van der Waals surface area contributed by atoms with Crippen LogP contribution < -0.4 is 0 Å². The van der Waals surface area contributed by atoms with Gasteiger partial charge in [-0.15, -0.1) is 0 Å². The van der Waals surface area contributed by atoms with E-state index in [-0.39, 0.29) is 0 Å². The molecular weight excluding hydrogens is 211 g/mol. The Bertz CT molecular complexity index is 152. The highest BCUT2D eigenvalue weighted by Crippen LogP contribution is 2.53. The van der Waals surface area contributed by atoms with Gasteiger partial charge in [0.1, 0.15) is 0 Å². The molecule has 0 amide bonds. The van der Waals surface area contributed by atoms with Crippen LogP contribution in [0.25, 0.3) is 0 Å². The summed E-state index contributed by atoms with van der Waals surface area (Å²) in [5.41, 5.74) is -1.93. The van der Waals surface area contributed by atoms with E-state index in [4.69, 9.17) is 27.6 Å². The molecule has 0 aliphatic rings. The summed E-state index contributed by atoms with van der Waals surface area (Å²) in [6, 6.07) is 0. The summed E-state index contributed by atoms with van der Waals surface area (Å²) in [5.74, 6) is 0. The lowest BCUT2D eigenvalue weighted by molar-refractivity contribution is 0.347. The molecule has 0 N–H and O–H groups in total. The highest BCUT2D eigenvalue weighted by molar-refractivity contribution is 8.24. The van der Waals surface area contributed by atoms with Crippen molar-refractivity contribution in [1.82, 2.24) is 0 Å². The zero-order valence-electron chi connectivity index (χ0n) is 7.88.